The van der Waals surface area contributed by atoms with E-state index in [9.17, 15) is 13.2 Å². The highest BCUT2D eigenvalue weighted by molar-refractivity contribution is 9.10. The van der Waals surface area contributed by atoms with Crippen LogP contribution in [0.4, 0.5) is 0 Å². The van der Waals surface area contributed by atoms with E-state index in [-0.39, 0.29) is 10.8 Å². The molecule has 0 unspecified atom stereocenters. The molecule has 2 heterocycles. The van der Waals surface area contributed by atoms with Crippen molar-refractivity contribution in [2.75, 3.05) is 26.3 Å². The van der Waals surface area contributed by atoms with Crippen LogP contribution in [0.5, 0.6) is 0 Å². The second-order valence-electron chi connectivity index (χ2n) is 6.70. The fourth-order valence-electron chi connectivity index (χ4n) is 3.25. The summed E-state index contributed by atoms with van der Waals surface area (Å²) < 4.78 is 32.7. The van der Waals surface area contributed by atoms with Crippen LogP contribution in [0.15, 0.2) is 57.9 Å². The quantitative estimate of drug-likeness (QED) is 0.590. The smallest absolute Gasteiger partial charge is 0.269 e. The molecule has 9 heteroatoms. The first-order valence-electron chi connectivity index (χ1n) is 9.18. The molecule has 1 aliphatic rings. The lowest BCUT2D eigenvalue weighted by Crippen LogP contribution is -2.40. The Morgan fingerprint density at radius 3 is 2.48 bits per heavy atom. The lowest BCUT2D eigenvalue weighted by atomic mass is 10.2. The van der Waals surface area contributed by atoms with Crippen LogP contribution in [-0.2, 0) is 21.3 Å². The van der Waals surface area contributed by atoms with Crippen molar-refractivity contribution in [2.24, 2.45) is 0 Å². The third-order valence-electron chi connectivity index (χ3n) is 4.85. The fourth-order valence-corrected chi connectivity index (χ4v) is 5.28. The molecular weight excluding hydrogens is 458 g/mol. The van der Waals surface area contributed by atoms with Gasteiger partial charge in [0, 0.05) is 30.5 Å². The van der Waals surface area contributed by atoms with Crippen molar-refractivity contribution in [1.29, 1.82) is 0 Å². The van der Waals surface area contributed by atoms with Gasteiger partial charge < -0.3 is 15.0 Å². The number of sulfonamides is 1. The number of fused-ring (bicyclic) bond motifs is 1. The van der Waals surface area contributed by atoms with Crippen LogP contribution in [0.1, 0.15) is 16.1 Å². The van der Waals surface area contributed by atoms with E-state index in [1.807, 2.05) is 24.3 Å². The Bertz CT molecular complexity index is 1140. The van der Waals surface area contributed by atoms with Crippen molar-refractivity contribution in [2.45, 2.75) is 11.4 Å². The number of hydrogen-bond donors (Lipinski definition) is 2. The number of aromatic nitrogens is 1. The van der Waals surface area contributed by atoms with Gasteiger partial charge in [-0.25, -0.2) is 8.42 Å². The number of nitrogens with zero attached hydrogens (tertiary/aromatic N) is 1. The number of para-hydroxylation sites is 1. The van der Waals surface area contributed by atoms with Gasteiger partial charge in [-0.05, 0) is 39.7 Å². The molecule has 152 valence electrons. The molecule has 2 aromatic carbocycles. The number of nitrogens with one attached hydrogen (secondary N) is 2. The number of H-pyrrole nitrogens is 1. The van der Waals surface area contributed by atoms with E-state index in [0.717, 1.165) is 20.9 Å². The van der Waals surface area contributed by atoms with E-state index in [1.165, 1.54) is 4.31 Å². The predicted molar refractivity (Wildman–Crippen MR) is 113 cm³/mol. The van der Waals surface area contributed by atoms with Gasteiger partial charge in [-0.2, -0.15) is 4.31 Å². The molecule has 1 aromatic heterocycles. The van der Waals surface area contributed by atoms with Crippen LogP contribution in [0.3, 0.4) is 0 Å². The molecule has 0 spiro atoms. The van der Waals surface area contributed by atoms with Gasteiger partial charge in [0.05, 0.1) is 22.6 Å². The number of hydrogen-bond acceptors (Lipinski definition) is 4. The number of rotatable bonds is 5. The second kappa shape index (κ2) is 8.27. The number of carbonyl (C=O) groups is 1. The Hall–Kier alpha value is -2.20. The van der Waals surface area contributed by atoms with Crippen molar-refractivity contribution >= 4 is 42.8 Å². The summed E-state index contributed by atoms with van der Waals surface area (Å²) in [5, 5.41) is 3.80. The summed E-state index contributed by atoms with van der Waals surface area (Å²) in [5.41, 5.74) is 2.14. The van der Waals surface area contributed by atoms with Crippen molar-refractivity contribution in [1.82, 2.24) is 14.6 Å². The van der Waals surface area contributed by atoms with E-state index in [0.29, 0.717) is 38.5 Å². The maximum absolute atomic E-state index is 12.7. The number of amides is 1. The molecule has 1 saturated heterocycles. The van der Waals surface area contributed by atoms with E-state index < -0.39 is 10.0 Å². The van der Waals surface area contributed by atoms with Crippen LogP contribution in [-0.4, -0.2) is 49.9 Å². The minimum absolute atomic E-state index is 0.238. The van der Waals surface area contributed by atoms with Crippen LogP contribution >= 0.6 is 15.9 Å². The van der Waals surface area contributed by atoms with Gasteiger partial charge in [0.15, 0.2) is 0 Å². The number of aromatic amines is 1. The number of ether oxygens (including phenoxy) is 1. The molecular formula is C20H20BrN3O4S. The summed E-state index contributed by atoms with van der Waals surface area (Å²) in [7, 11) is -3.52. The highest BCUT2D eigenvalue weighted by Gasteiger charge is 2.26. The molecule has 0 saturated carbocycles. The minimum atomic E-state index is -3.52. The molecule has 1 aliphatic heterocycles. The summed E-state index contributed by atoms with van der Waals surface area (Å²) in [6.45, 7) is 1.83. The van der Waals surface area contributed by atoms with Crippen molar-refractivity contribution in [3.8, 4) is 0 Å². The molecule has 0 bridgehead atoms. The van der Waals surface area contributed by atoms with Crippen LogP contribution in [0.25, 0.3) is 10.9 Å². The topological polar surface area (TPSA) is 91.5 Å². The first-order chi connectivity index (χ1) is 14.0. The third-order valence-corrected chi connectivity index (χ3v) is 7.59. The second-order valence-corrected chi connectivity index (χ2v) is 9.43. The number of halogens is 1. The highest BCUT2D eigenvalue weighted by atomic mass is 79.9. The normalized spacial score (nSPS) is 15.5. The molecule has 7 nitrogen and oxygen atoms in total. The number of benzene rings is 2. The van der Waals surface area contributed by atoms with Crippen LogP contribution in [0, 0.1) is 0 Å². The molecule has 29 heavy (non-hydrogen) atoms. The minimum Gasteiger partial charge on any atom is -0.379 e. The Morgan fingerprint density at radius 2 is 1.79 bits per heavy atom. The largest absolute Gasteiger partial charge is 0.379 e. The lowest BCUT2D eigenvalue weighted by molar-refractivity contribution is 0.0730. The Balaban J connectivity index is 1.43. The maximum atomic E-state index is 12.7. The average molecular weight is 478 g/mol. The zero-order valence-electron chi connectivity index (χ0n) is 15.5. The predicted octanol–water partition coefficient (Wildman–Crippen LogP) is 2.88. The van der Waals surface area contributed by atoms with Gasteiger partial charge in [-0.3, -0.25) is 4.79 Å². The van der Waals surface area contributed by atoms with E-state index in [1.54, 1.807) is 24.3 Å². The van der Waals surface area contributed by atoms with Crippen LogP contribution < -0.4 is 5.32 Å². The monoisotopic (exact) mass is 477 g/mol. The first kappa shape index (κ1) is 20.1. The van der Waals surface area contributed by atoms with Gasteiger partial charge in [0.2, 0.25) is 10.0 Å². The number of morpholine rings is 1. The van der Waals surface area contributed by atoms with Gasteiger partial charge in [-0.15, -0.1) is 0 Å². The van der Waals surface area contributed by atoms with Crippen LogP contribution in [0.2, 0.25) is 0 Å². The van der Waals surface area contributed by atoms with Crippen molar-refractivity contribution in [3.63, 3.8) is 0 Å². The molecule has 0 radical (unpaired) electrons. The average Bonchev–Trinajstić information content (AvgIpc) is 3.10. The van der Waals surface area contributed by atoms with Gasteiger partial charge in [-0.1, -0.05) is 30.3 Å². The zero-order valence-corrected chi connectivity index (χ0v) is 17.9. The van der Waals surface area contributed by atoms with Crippen molar-refractivity contribution in [3.05, 3.63) is 64.3 Å². The van der Waals surface area contributed by atoms with E-state index >= 15 is 0 Å². The summed E-state index contributed by atoms with van der Waals surface area (Å²) in [4.78, 5) is 15.9. The standard InChI is InChI=1S/C20H20BrN3O4S/c21-18-16-3-1-2-4-17(16)23-19(18)20(25)22-13-14-5-7-15(8-6-14)29(26,27)24-9-11-28-12-10-24/h1-8,23H,9-13H2,(H,22,25). The lowest BCUT2D eigenvalue weighted by Gasteiger charge is -2.26. The fraction of sp³-hybridized carbons (Fsp3) is 0.250. The van der Waals surface area contributed by atoms with Crippen molar-refractivity contribution < 1.29 is 17.9 Å². The SMILES string of the molecule is O=C(NCc1ccc(S(=O)(=O)N2CCOCC2)cc1)c1[nH]c2ccccc2c1Br. The molecule has 1 amide bonds. The summed E-state index contributed by atoms with van der Waals surface area (Å²) in [5.74, 6) is -0.238. The van der Waals surface area contributed by atoms with Gasteiger partial charge >= 0.3 is 0 Å². The third kappa shape index (κ3) is 4.09. The van der Waals surface area contributed by atoms with Gasteiger partial charge in [0.1, 0.15) is 5.69 Å². The summed E-state index contributed by atoms with van der Waals surface area (Å²) in [6, 6.07) is 14.2. The summed E-state index contributed by atoms with van der Waals surface area (Å²) in [6.07, 6.45) is 0. The molecule has 4 rings (SSSR count). The molecule has 1 fully saturated rings. The maximum Gasteiger partial charge on any atom is 0.269 e. The summed E-state index contributed by atoms with van der Waals surface area (Å²) >= 11 is 3.48. The highest BCUT2D eigenvalue weighted by Crippen LogP contribution is 2.27. The number of carbonyl (C=O) groups excluding carboxylic acids is 1. The molecule has 2 N–H and O–H groups in total. The molecule has 0 atom stereocenters. The Kier molecular flexibility index (Phi) is 5.73. The molecule has 3 aromatic rings. The molecule has 0 aliphatic carbocycles. The van der Waals surface area contributed by atoms with E-state index in [4.69, 9.17) is 4.74 Å². The first-order valence-corrected chi connectivity index (χ1v) is 11.4. The van der Waals surface area contributed by atoms with Gasteiger partial charge in [0.25, 0.3) is 5.91 Å². The Labute approximate surface area is 177 Å². The van der Waals surface area contributed by atoms with E-state index in [2.05, 4.69) is 26.2 Å². The zero-order chi connectivity index (χ0) is 20.4. The Morgan fingerprint density at radius 1 is 1.10 bits per heavy atom.